The number of amidine groups is 1. The molecule has 0 unspecified atom stereocenters. The van der Waals surface area contributed by atoms with Crippen molar-refractivity contribution in [2.75, 3.05) is 20.1 Å². The van der Waals surface area contributed by atoms with Gasteiger partial charge in [0.05, 0.1) is 5.84 Å². The summed E-state index contributed by atoms with van der Waals surface area (Å²) in [6.45, 7) is 13.1. The summed E-state index contributed by atoms with van der Waals surface area (Å²) in [5.41, 5.74) is 4.68. The Balaban J connectivity index is 0. The van der Waals surface area contributed by atoms with E-state index in [1.807, 2.05) is 34.6 Å². The van der Waals surface area contributed by atoms with Crippen molar-refractivity contribution in [2.24, 2.45) is 10.7 Å². The fraction of sp³-hybridized carbons (Fsp3) is 0.857. The molecule has 5 heteroatoms. The standard InChI is InChI=1S/C9H17NO2.C3H8N2.C2H6/c1-9(2,3)12-8(11)10-6-4-5-7-10;1-3(4)5-2;1-2/h4-7H2,1-3H3;1-2H3,(H2,4,5);1-2H3. The average molecular weight is 273 g/mol. The third-order valence-corrected chi connectivity index (χ3v) is 2.11. The molecular weight excluding hydrogens is 242 g/mol. The number of nitrogens with zero attached hydrogens (tertiary/aromatic N) is 2. The molecule has 5 nitrogen and oxygen atoms in total. The van der Waals surface area contributed by atoms with Gasteiger partial charge in [-0.25, -0.2) is 4.79 Å². The van der Waals surface area contributed by atoms with Crippen molar-refractivity contribution in [2.45, 2.75) is 60.0 Å². The van der Waals surface area contributed by atoms with Crippen molar-refractivity contribution in [1.29, 1.82) is 0 Å². The Hall–Kier alpha value is -1.26. The van der Waals surface area contributed by atoms with Crippen LogP contribution in [0.3, 0.4) is 0 Å². The molecule has 0 saturated carbocycles. The fourth-order valence-corrected chi connectivity index (χ4v) is 1.23. The summed E-state index contributed by atoms with van der Waals surface area (Å²) >= 11 is 0. The SMILES string of the molecule is CC.CC(C)(C)OC(=O)N1CCCC1.CN=C(C)N. The summed E-state index contributed by atoms with van der Waals surface area (Å²) in [5, 5.41) is 0. The van der Waals surface area contributed by atoms with Gasteiger partial charge in [-0.2, -0.15) is 0 Å². The van der Waals surface area contributed by atoms with Crippen molar-refractivity contribution in [3.63, 3.8) is 0 Å². The molecule has 1 aliphatic rings. The molecule has 0 atom stereocenters. The maximum atomic E-state index is 11.4. The number of hydrogen-bond acceptors (Lipinski definition) is 3. The minimum atomic E-state index is -0.361. The molecule has 1 fully saturated rings. The lowest BCUT2D eigenvalue weighted by Gasteiger charge is -2.23. The molecule has 1 rings (SSSR count). The van der Waals surface area contributed by atoms with Gasteiger partial charge in [-0.05, 0) is 40.5 Å². The Labute approximate surface area is 118 Å². The Morgan fingerprint density at radius 2 is 1.58 bits per heavy atom. The zero-order chi connectivity index (χ0) is 15.5. The number of carbonyl (C=O) groups is 1. The number of carbonyl (C=O) groups excluding carboxylic acids is 1. The molecule has 0 radical (unpaired) electrons. The third-order valence-electron chi connectivity index (χ3n) is 2.11. The first-order chi connectivity index (χ1) is 8.76. The quantitative estimate of drug-likeness (QED) is 0.545. The minimum absolute atomic E-state index is 0.167. The van der Waals surface area contributed by atoms with Gasteiger partial charge in [-0.15, -0.1) is 0 Å². The summed E-state index contributed by atoms with van der Waals surface area (Å²) in [6, 6.07) is 0. The van der Waals surface area contributed by atoms with E-state index in [9.17, 15) is 4.79 Å². The smallest absolute Gasteiger partial charge is 0.410 e. The molecule has 2 N–H and O–H groups in total. The van der Waals surface area contributed by atoms with Crippen molar-refractivity contribution in [3.8, 4) is 0 Å². The Morgan fingerprint density at radius 3 is 1.84 bits per heavy atom. The van der Waals surface area contributed by atoms with Gasteiger partial charge in [-0.3, -0.25) is 4.99 Å². The zero-order valence-electron chi connectivity index (χ0n) is 13.6. The van der Waals surface area contributed by atoms with E-state index in [-0.39, 0.29) is 11.7 Å². The molecule has 0 aromatic carbocycles. The lowest BCUT2D eigenvalue weighted by molar-refractivity contribution is 0.0295. The van der Waals surface area contributed by atoms with E-state index in [4.69, 9.17) is 10.5 Å². The first-order valence-electron chi connectivity index (χ1n) is 6.93. The summed E-state index contributed by atoms with van der Waals surface area (Å²) < 4.78 is 5.21. The van der Waals surface area contributed by atoms with Crippen molar-refractivity contribution in [1.82, 2.24) is 4.90 Å². The molecule has 0 spiro atoms. The first kappa shape index (κ1) is 20.1. The van der Waals surface area contributed by atoms with E-state index < -0.39 is 0 Å². The summed E-state index contributed by atoms with van der Waals surface area (Å²) in [7, 11) is 1.66. The van der Waals surface area contributed by atoms with Crippen LogP contribution in [0.15, 0.2) is 4.99 Å². The summed E-state index contributed by atoms with van der Waals surface area (Å²) in [4.78, 5) is 16.7. The lowest BCUT2D eigenvalue weighted by atomic mass is 10.2. The third kappa shape index (κ3) is 13.0. The van der Waals surface area contributed by atoms with Gasteiger partial charge in [0.15, 0.2) is 0 Å². The Morgan fingerprint density at radius 1 is 1.21 bits per heavy atom. The first-order valence-corrected chi connectivity index (χ1v) is 6.93. The molecule has 0 aromatic heterocycles. The monoisotopic (exact) mass is 273 g/mol. The molecule has 0 aromatic rings. The molecule has 1 aliphatic heterocycles. The van der Waals surface area contributed by atoms with Crippen LogP contribution in [0.4, 0.5) is 4.79 Å². The number of likely N-dealkylation sites (tertiary alicyclic amines) is 1. The van der Waals surface area contributed by atoms with Gasteiger partial charge >= 0.3 is 6.09 Å². The van der Waals surface area contributed by atoms with E-state index in [0.717, 1.165) is 25.9 Å². The molecule has 114 valence electrons. The second kappa shape index (κ2) is 10.6. The van der Waals surface area contributed by atoms with Crippen LogP contribution in [0.1, 0.15) is 54.4 Å². The number of hydrogen-bond donors (Lipinski definition) is 1. The van der Waals surface area contributed by atoms with E-state index in [1.165, 1.54) is 0 Å². The predicted molar refractivity (Wildman–Crippen MR) is 81.6 cm³/mol. The topological polar surface area (TPSA) is 67.9 Å². The number of amides is 1. The summed E-state index contributed by atoms with van der Waals surface area (Å²) in [6.07, 6.45) is 2.05. The van der Waals surface area contributed by atoms with Gasteiger partial charge < -0.3 is 15.4 Å². The van der Waals surface area contributed by atoms with Gasteiger partial charge in [0, 0.05) is 20.1 Å². The van der Waals surface area contributed by atoms with Crippen LogP contribution < -0.4 is 5.73 Å². The average Bonchev–Trinajstić information content (AvgIpc) is 2.84. The normalized spacial score (nSPS) is 14.9. The maximum Gasteiger partial charge on any atom is 0.410 e. The van der Waals surface area contributed by atoms with Crippen molar-refractivity contribution >= 4 is 11.9 Å². The second-order valence-electron chi connectivity index (χ2n) is 5.04. The van der Waals surface area contributed by atoms with Crippen LogP contribution >= 0.6 is 0 Å². The van der Waals surface area contributed by atoms with Gasteiger partial charge in [0.25, 0.3) is 0 Å². The Bertz CT molecular complexity index is 260. The zero-order valence-corrected chi connectivity index (χ0v) is 13.6. The highest BCUT2D eigenvalue weighted by Crippen LogP contribution is 2.14. The van der Waals surface area contributed by atoms with E-state index >= 15 is 0 Å². The fourth-order valence-electron chi connectivity index (χ4n) is 1.23. The minimum Gasteiger partial charge on any atom is -0.444 e. The molecular formula is C14H31N3O2. The molecule has 1 heterocycles. The highest BCUT2D eigenvalue weighted by molar-refractivity contribution is 5.77. The largest absolute Gasteiger partial charge is 0.444 e. The number of ether oxygens (including phenoxy) is 1. The summed E-state index contributed by atoms with van der Waals surface area (Å²) in [5.74, 6) is 0.630. The predicted octanol–water partition coefficient (Wildman–Crippen LogP) is 3.04. The van der Waals surface area contributed by atoms with Crippen LogP contribution in [0.5, 0.6) is 0 Å². The van der Waals surface area contributed by atoms with Crippen LogP contribution in [-0.2, 0) is 4.74 Å². The molecule has 1 saturated heterocycles. The molecule has 0 aliphatic carbocycles. The second-order valence-corrected chi connectivity index (χ2v) is 5.04. The molecule has 19 heavy (non-hydrogen) atoms. The van der Waals surface area contributed by atoms with E-state index in [1.54, 1.807) is 18.9 Å². The van der Waals surface area contributed by atoms with E-state index in [0.29, 0.717) is 5.84 Å². The number of nitrogens with two attached hydrogens (primary N) is 1. The van der Waals surface area contributed by atoms with Crippen LogP contribution in [0, 0.1) is 0 Å². The number of rotatable bonds is 0. The maximum absolute atomic E-state index is 11.4. The van der Waals surface area contributed by atoms with Gasteiger partial charge in [-0.1, -0.05) is 13.8 Å². The molecule has 0 bridgehead atoms. The van der Waals surface area contributed by atoms with Gasteiger partial charge in [0.1, 0.15) is 5.60 Å². The number of aliphatic imine (C=N–C) groups is 1. The van der Waals surface area contributed by atoms with Crippen LogP contribution in [0.2, 0.25) is 0 Å². The van der Waals surface area contributed by atoms with Crippen molar-refractivity contribution in [3.05, 3.63) is 0 Å². The highest BCUT2D eigenvalue weighted by Gasteiger charge is 2.23. The van der Waals surface area contributed by atoms with E-state index in [2.05, 4.69) is 4.99 Å². The lowest BCUT2D eigenvalue weighted by Crippen LogP contribution is -2.34. The van der Waals surface area contributed by atoms with Crippen LogP contribution in [0.25, 0.3) is 0 Å². The highest BCUT2D eigenvalue weighted by atomic mass is 16.6. The van der Waals surface area contributed by atoms with Crippen molar-refractivity contribution < 1.29 is 9.53 Å². The Kier molecular flexibility index (Phi) is 11.2. The van der Waals surface area contributed by atoms with Crippen LogP contribution in [-0.4, -0.2) is 42.6 Å². The molecule has 1 amide bonds. The van der Waals surface area contributed by atoms with Gasteiger partial charge in [0.2, 0.25) is 0 Å².